The molecule has 5 nitrogen and oxygen atoms in total. The Morgan fingerprint density at radius 2 is 1.79 bits per heavy atom. The maximum absolute atomic E-state index is 14.0. The summed E-state index contributed by atoms with van der Waals surface area (Å²) in [7, 11) is 0. The molecule has 0 atom stereocenters. The Labute approximate surface area is 190 Å². The molecule has 2 heterocycles. The molecule has 33 heavy (non-hydrogen) atoms. The van der Waals surface area contributed by atoms with E-state index in [0.717, 1.165) is 12.0 Å². The predicted molar refractivity (Wildman–Crippen MR) is 124 cm³/mol. The van der Waals surface area contributed by atoms with Crippen LogP contribution in [0.4, 0.5) is 4.39 Å². The summed E-state index contributed by atoms with van der Waals surface area (Å²) < 4.78 is 37.1. The number of aryl methyl sites for hydroxylation is 1. The standard InChI is InChI=1S/C27H23FO5/c1-2-17-12-20-25(14-24(17)32-15-19-6-3-4-7-22(19)28)33-16-21(27(20)29)18-8-9-23-26(13-18)31-11-5-10-30-23/h3-4,6-9,12-14,16H,2,5,10-11,15H2,1H3. The van der Waals surface area contributed by atoms with E-state index < -0.39 is 0 Å². The van der Waals surface area contributed by atoms with Crippen molar-refractivity contribution in [1.29, 1.82) is 0 Å². The molecule has 0 unspecified atom stereocenters. The second-order valence-corrected chi connectivity index (χ2v) is 7.88. The fraction of sp³-hybridized carbons (Fsp3) is 0.222. The Morgan fingerprint density at radius 1 is 0.970 bits per heavy atom. The van der Waals surface area contributed by atoms with Gasteiger partial charge in [0.25, 0.3) is 0 Å². The van der Waals surface area contributed by atoms with Gasteiger partial charge in [-0.05, 0) is 41.8 Å². The summed E-state index contributed by atoms with van der Waals surface area (Å²) in [6, 6.07) is 15.5. The second kappa shape index (κ2) is 8.98. The van der Waals surface area contributed by atoms with Gasteiger partial charge in [0.1, 0.15) is 30.0 Å². The first-order valence-corrected chi connectivity index (χ1v) is 11.0. The zero-order chi connectivity index (χ0) is 22.8. The van der Waals surface area contributed by atoms with E-state index >= 15 is 0 Å². The lowest BCUT2D eigenvalue weighted by Crippen LogP contribution is -2.07. The van der Waals surface area contributed by atoms with E-state index in [1.165, 1.54) is 12.3 Å². The van der Waals surface area contributed by atoms with Crippen LogP contribution < -0.4 is 19.6 Å². The summed E-state index contributed by atoms with van der Waals surface area (Å²) in [5.74, 6) is 1.55. The van der Waals surface area contributed by atoms with Crippen LogP contribution in [0.15, 0.2) is 70.1 Å². The molecule has 0 N–H and O–H groups in total. The molecule has 0 aliphatic carbocycles. The first-order chi connectivity index (χ1) is 16.1. The van der Waals surface area contributed by atoms with Crippen molar-refractivity contribution in [3.8, 4) is 28.4 Å². The normalized spacial score (nSPS) is 13.0. The molecule has 1 aromatic heterocycles. The number of halogens is 1. The smallest absolute Gasteiger partial charge is 0.200 e. The van der Waals surface area contributed by atoms with Crippen molar-refractivity contribution in [2.75, 3.05) is 13.2 Å². The maximum Gasteiger partial charge on any atom is 0.200 e. The van der Waals surface area contributed by atoms with Crippen molar-refractivity contribution < 1.29 is 23.0 Å². The van der Waals surface area contributed by atoms with Gasteiger partial charge in [-0.1, -0.05) is 31.2 Å². The fourth-order valence-electron chi connectivity index (χ4n) is 3.91. The number of hydrogen-bond acceptors (Lipinski definition) is 5. The molecule has 0 saturated carbocycles. The third kappa shape index (κ3) is 4.16. The number of rotatable bonds is 5. The van der Waals surface area contributed by atoms with E-state index in [2.05, 4.69) is 0 Å². The van der Waals surface area contributed by atoms with Crippen LogP contribution in [0.3, 0.4) is 0 Å². The van der Waals surface area contributed by atoms with E-state index in [9.17, 15) is 9.18 Å². The molecular formula is C27H23FO5. The minimum absolute atomic E-state index is 0.0880. The lowest BCUT2D eigenvalue weighted by Gasteiger charge is -2.13. The Balaban J connectivity index is 1.51. The SMILES string of the molecule is CCc1cc2c(=O)c(-c3ccc4c(c3)OCCCO4)coc2cc1OCc1ccccc1F. The molecule has 4 aromatic rings. The van der Waals surface area contributed by atoms with Gasteiger partial charge in [-0.15, -0.1) is 0 Å². The van der Waals surface area contributed by atoms with E-state index in [4.69, 9.17) is 18.6 Å². The molecule has 0 saturated heterocycles. The van der Waals surface area contributed by atoms with Gasteiger partial charge >= 0.3 is 0 Å². The van der Waals surface area contributed by atoms with Crippen LogP contribution in [0, 0.1) is 5.82 Å². The van der Waals surface area contributed by atoms with Gasteiger partial charge in [0.15, 0.2) is 11.5 Å². The highest BCUT2D eigenvalue weighted by molar-refractivity contribution is 5.84. The topological polar surface area (TPSA) is 57.9 Å². The van der Waals surface area contributed by atoms with Gasteiger partial charge in [0, 0.05) is 18.1 Å². The molecule has 6 heteroatoms. The maximum atomic E-state index is 14.0. The summed E-state index contributed by atoms with van der Waals surface area (Å²) in [4.78, 5) is 13.3. The quantitative estimate of drug-likeness (QED) is 0.382. The molecule has 0 amide bonds. The van der Waals surface area contributed by atoms with Crippen molar-refractivity contribution in [1.82, 2.24) is 0 Å². The van der Waals surface area contributed by atoms with Crippen LogP contribution in [0.25, 0.3) is 22.1 Å². The molecule has 1 aliphatic rings. The molecule has 0 radical (unpaired) electrons. The first-order valence-electron chi connectivity index (χ1n) is 11.0. The summed E-state index contributed by atoms with van der Waals surface area (Å²) in [6.45, 7) is 3.24. The van der Waals surface area contributed by atoms with Gasteiger partial charge in [0.05, 0.1) is 24.2 Å². The van der Waals surface area contributed by atoms with Crippen LogP contribution in [0.1, 0.15) is 24.5 Å². The van der Waals surface area contributed by atoms with Gasteiger partial charge in [-0.3, -0.25) is 4.79 Å². The lowest BCUT2D eigenvalue weighted by molar-refractivity contribution is 0.296. The van der Waals surface area contributed by atoms with Crippen LogP contribution in [-0.2, 0) is 13.0 Å². The Hall–Kier alpha value is -3.80. The largest absolute Gasteiger partial charge is 0.490 e. The zero-order valence-electron chi connectivity index (χ0n) is 18.2. The highest BCUT2D eigenvalue weighted by Gasteiger charge is 2.16. The summed E-state index contributed by atoms with van der Waals surface area (Å²) in [5.41, 5.74) is 2.74. The van der Waals surface area contributed by atoms with Gasteiger partial charge in [-0.25, -0.2) is 4.39 Å². The van der Waals surface area contributed by atoms with Crippen LogP contribution in [0.5, 0.6) is 17.2 Å². The average Bonchev–Trinajstić information content (AvgIpc) is 3.08. The second-order valence-electron chi connectivity index (χ2n) is 7.88. The van der Waals surface area contributed by atoms with Crippen molar-refractivity contribution in [3.63, 3.8) is 0 Å². The molecule has 0 fully saturated rings. The minimum Gasteiger partial charge on any atom is -0.490 e. The Bertz CT molecular complexity index is 1380. The number of ether oxygens (including phenoxy) is 3. The van der Waals surface area contributed by atoms with Crippen molar-refractivity contribution in [2.24, 2.45) is 0 Å². The fourth-order valence-corrected chi connectivity index (χ4v) is 3.91. The number of benzene rings is 3. The Kier molecular flexibility index (Phi) is 5.73. The van der Waals surface area contributed by atoms with Crippen LogP contribution in [-0.4, -0.2) is 13.2 Å². The van der Waals surface area contributed by atoms with E-state index in [1.807, 2.05) is 25.1 Å². The monoisotopic (exact) mass is 446 g/mol. The van der Waals surface area contributed by atoms with Gasteiger partial charge in [-0.2, -0.15) is 0 Å². The first kappa shape index (κ1) is 21.1. The van der Waals surface area contributed by atoms with E-state index in [1.54, 1.807) is 30.3 Å². The average molecular weight is 446 g/mol. The van der Waals surface area contributed by atoms with Gasteiger partial charge in [0.2, 0.25) is 5.43 Å². The highest BCUT2D eigenvalue weighted by atomic mass is 19.1. The molecule has 1 aliphatic heterocycles. The highest BCUT2D eigenvalue weighted by Crippen LogP contribution is 2.34. The Morgan fingerprint density at radius 3 is 2.61 bits per heavy atom. The zero-order valence-corrected chi connectivity index (χ0v) is 18.2. The molecule has 0 spiro atoms. The third-order valence-corrected chi connectivity index (χ3v) is 5.74. The van der Waals surface area contributed by atoms with Crippen molar-refractivity contribution >= 4 is 11.0 Å². The number of hydrogen-bond donors (Lipinski definition) is 0. The number of fused-ring (bicyclic) bond motifs is 2. The summed E-state index contributed by atoms with van der Waals surface area (Å²) in [5, 5.41) is 0.467. The third-order valence-electron chi connectivity index (χ3n) is 5.74. The van der Waals surface area contributed by atoms with Crippen LogP contribution in [0.2, 0.25) is 0 Å². The van der Waals surface area contributed by atoms with Crippen LogP contribution >= 0.6 is 0 Å². The predicted octanol–water partition coefficient (Wildman–Crippen LogP) is 5.90. The van der Waals surface area contributed by atoms with E-state index in [-0.39, 0.29) is 17.9 Å². The lowest BCUT2D eigenvalue weighted by atomic mass is 10.0. The van der Waals surface area contributed by atoms with Crippen molar-refractivity contribution in [2.45, 2.75) is 26.4 Å². The molecule has 168 valence electrons. The molecule has 0 bridgehead atoms. The minimum atomic E-state index is -0.317. The van der Waals surface area contributed by atoms with Gasteiger partial charge < -0.3 is 18.6 Å². The summed E-state index contributed by atoms with van der Waals surface area (Å²) >= 11 is 0. The van der Waals surface area contributed by atoms with Crippen molar-refractivity contribution in [3.05, 3.63) is 88.0 Å². The molecule has 5 rings (SSSR count). The summed E-state index contributed by atoms with van der Waals surface area (Å²) in [6.07, 6.45) is 2.91. The molecule has 3 aromatic carbocycles. The molecular weight excluding hydrogens is 423 g/mol. The van der Waals surface area contributed by atoms with E-state index in [0.29, 0.717) is 64.5 Å².